The molecule has 1 atom stereocenters. The summed E-state index contributed by atoms with van der Waals surface area (Å²) in [5.41, 5.74) is 1.96. The number of carbonyl (C=O) groups is 1. The van der Waals surface area contributed by atoms with Crippen LogP contribution in [0, 0.1) is 5.92 Å². The molecule has 1 unspecified atom stereocenters. The van der Waals surface area contributed by atoms with Crippen LogP contribution in [0.2, 0.25) is 15.1 Å². The van der Waals surface area contributed by atoms with Crippen molar-refractivity contribution in [1.29, 1.82) is 0 Å². The number of nitrogens with one attached hydrogen (secondary N) is 3. The smallest absolute Gasteiger partial charge is 0.242 e. The summed E-state index contributed by atoms with van der Waals surface area (Å²) < 4.78 is 1.92. The van der Waals surface area contributed by atoms with E-state index in [0.717, 1.165) is 30.4 Å². The van der Waals surface area contributed by atoms with Crippen molar-refractivity contribution in [3.63, 3.8) is 0 Å². The fraction of sp³-hybridized carbons (Fsp3) is 0.344. The van der Waals surface area contributed by atoms with E-state index in [1.165, 1.54) is 19.3 Å². The molecule has 5 rings (SSSR count). The van der Waals surface area contributed by atoms with Gasteiger partial charge < -0.3 is 20.5 Å². The van der Waals surface area contributed by atoms with Crippen LogP contribution in [0.5, 0.6) is 0 Å². The summed E-state index contributed by atoms with van der Waals surface area (Å²) in [6, 6.07) is 18.4. The van der Waals surface area contributed by atoms with Gasteiger partial charge in [-0.3, -0.25) is 4.79 Å². The molecule has 2 heterocycles. The minimum atomic E-state index is -0.443. The molecular formula is C32H35Cl3N6O. The number of hydrogen-bond donors (Lipinski definition) is 3. The zero-order chi connectivity index (χ0) is 29.3. The molecule has 1 aliphatic rings. The highest BCUT2D eigenvalue weighted by atomic mass is 35.5. The lowest BCUT2D eigenvalue weighted by Gasteiger charge is -2.27. The van der Waals surface area contributed by atoms with E-state index in [9.17, 15) is 4.79 Å². The van der Waals surface area contributed by atoms with E-state index < -0.39 is 6.04 Å². The van der Waals surface area contributed by atoms with Crippen LogP contribution in [0.15, 0.2) is 73.1 Å². The van der Waals surface area contributed by atoms with Crippen molar-refractivity contribution >= 4 is 52.5 Å². The Kier molecular flexibility index (Phi) is 10.6. The zero-order valence-corrected chi connectivity index (χ0v) is 25.6. The number of benzene rings is 2. The second-order valence-electron chi connectivity index (χ2n) is 10.7. The van der Waals surface area contributed by atoms with Gasteiger partial charge in [0, 0.05) is 46.6 Å². The van der Waals surface area contributed by atoms with Crippen molar-refractivity contribution in [3.8, 4) is 5.82 Å². The highest BCUT2D eigenvalue weighted by molar-refractivity contribution is 6.35. The first-order valence-corrected chi connectivity index (χ1v) is 15.6. The Labute approximate surface area is 262 Å². The summed E-state index contributed by atoms with van der Waals surface area (Å²) in [6.45, 7) is 0.974. The van der Waals surface area contributed by atoms with Crippen LogP contribution in [-0.4, -0.2) is 33.0 Å². The van der Waals surface area contributed by atoms with Crippen molar-refractivity contribution in [2.45, 2.75) is 57.5 Å². The van der Waals surface area contributed by atoms with Crippen LogP contribution in [0.4, 0.5) is 11.8 Å². The summed E-state index contributed by atoms with van der Waals surface area (Å²) >= 11 is 18.6. The lowest BCUT2D eigenvalue weighted by molar-refractivity contribution is -0.122. The predicted octanol–water partition coefficient (Wildman–Crippen LogP) is 7.95. The van der Waals surface area contributed by atoms with Gasteiger partial charge >= 0.3 is 0 Å². The topological polar surface area (TPSA) is 83.9 Å². The monoisotopic (exact) mass is 624 g/mol. The Morgan fingerprint density at radius 1 is 0.929 bits per heavy atom. The summed E-state index contributed by atoms with van der Waals surface area (Å²) in [5, 5.41) is 11.8. The minimum absolute atomic E-state index is 0.0553. The predicted molar refractivity (Wildman–Crippen MR) is 172 cm³/mol. The van der Waals surface area contributed by atoms with Crippen LogP contribution in [0.1, 0.15) is 49.7 Å². The van der Waals surface area contributed by atoms with Crippen molar-refractivity contribution in [2.24, 2.45) is 5.92 Å². The second kappa shape index (κ2) is 14.8. The Morgan fingerprint density at radius 2 is 1.71 bits per heavy atom. The first-order chi connectivity index (χ1) is 20.4. The first-order valence-electron chi connectivity index (χ1n) is 14.4. The number of nitrogens with zero attached hydrogens (tertiary/aromatic N) is 3. The average Bonchev–Trinajstić information content (AvgIpc) is 3.53. The van der Waals surface area contributed by atoms with Crippen molar-refractivity contribution in [3.05, 3.63) is 99.3 Å². The Hall–Kier alpha value is -3.26. The number of amides is 1. The Balaban J connectivity index is 1.33. The largest absolute Gasteiger partial charge is 0.358 e. The zero-order valence-electron chi connectivity index (χ0n) is 23.3. The molecule has 0 aliphatic heterocycles. The third kappa shape index (κ3) is 8.63. The van der Waals surface area contributed by atoms with Gasteiger partial charge in [-0.2, -0.15) is 9.97 Å². The molecule has 1 aliphatic carbocycles. The molecule has 1 saturated carbocycles. The maximum atomic E-state index is 13.6. The quantitative estimate of drug-likeness (QED) is 0.149. The highest BCUT2D eigenvalue weighted by Crippen LogP contribution is 2.29. The number of aromatic nitrogens is 3. The normalized spacial score (nSPS) is 14.4. The summed E-state index contributed by atoms with van der Waals surface area (Å²) in [5.74, 6) is 2.16. The van der Waals surface area contributed by atoms with Crippen LogP contribution in [0.3, 0.4) is 0 Å². The van der Waals surface area contributed by atoms with E-state index in [1.807, 2.05) is 71.6 Å². The molecule has 4 aromatic rings. The lowest BCUT2D eigenvalue weighted by Crippen LogP contribution is -2.42. The lowest BCUT2D eigenvalue weighted by atomic mass is 9.84. The van der Waals surface area contributed by atoms with Crippen molar-refractivity contribution in [2.75, 3.05) is 17.2 Å². The molecular weight excluding hydrogens is 591 g/mol. The maximum absolute atomic E-state index is 13.6. The molecule has 2 aromatic heterocycles. The van der Waals surface area contributed by atoms with Crippen LogP contribution in [-0.2, 0) is 17.8 Å². The van der Waals surface area contributed by atoms with E-state index >= 15 is 0 Å². The fourth-order valence-corrected chi connectivity index (χ4v) is 6.09. The van der Waals surface area contributed by atoms with Gasteiger partial charge in [0.25, 0.3) is 0 Å². The first kappa shape index (κ1) is 30.2. The summed E-state index contributed by atoms with van der Waals surface area (Å²) in [6.07, 6.45) is 11.2. The average molecular weight is 626 g/mol. The van der Waals surface area contributed by atoms with Crippen molar-refractivity contribution in [1.82, 2.24) is 19.9 Å². The standard InChI is InChI=1S/C32H35Cl3N6O/c33-25-10-6-9-23(17-25)21-37-32-39-29(20-30(40-32)41-15-4-5-16-41)38-28(18-22-7-2-1-3-8-22)31(42)36-14-13-24-11-12-26(34)19-27(24)35/h4-6,9-12,15-17,19-20,22,28H,1-3,7-8,13-14,18,21H2,(H,36,42)(H2,37,38,39,40). The highest BCUT2D eigenvalue weighted by Gasteiger charge is 2.25. The summed E-state index contributed by atoms with van der Waals surface area (Å²) in [4.78, 5) is 23.1. The minimum Gasteiger partial charge on any atom is -0.358 e. The number of carbonyl (C=O) groups excluding carboxylic acids is 1. The SMILES string of the molecule is O=C(NCCc1ccc(Cl)cc1Cl)C(CC1CCCCC1)Nc1cc(-n2cccc2)nc(NCc2cccc(Cl)c2)n1. The van der Waals surface area contributed by atoms with Gasteiger partial charge in [0.05, 0.1) is 0 Å². The number of halogens is 3. The van der Waals surface area contributed by atoms with E-state index in [-0.39, 0.29) is 5.91 Å². The van der Waals surface area contributed by atoms with Gasteiger partial charge in [-0.25, -0.2) is 0 Å². The second-order valence-corrected chi connectivity index (χ2v) is 12.0. The van der Waals surface area contributed by atoms with Gasteiger partial charge in [0.2, 0.25) is 11.9 Å². The van der Waals surface area contributed by atoms with E-state index in [4.69, 9.17) is 44.8 Å². The molecule has 3 N–H and O–H groups in total. The van der Waals surface area contributed by atoms with Gasteiger partial charge in [0.1, 0.15) is 17.7 Å². The molecule has 42 heavy (non-hydrogen) atoms. The number of hydrogen-bond acceptors (Lipinski definition) is 5. The number of rotatable bonds is 12. The van der Waals surface area contributed by atoms with E-state index in [1.54, 1.807) is 6.07 Å². The van der Waals surface area contributed by atoms with Gasteiger partial charge in [-0.05, 0) is 66.3 Å². The molecule has 1 fully saturated rings. The molecule has 220 valence electrons. The van der Waals surface area contributed by atoms with Gasteiger partial charge in [0.15, 0.2) is 0 Å². The Bertz CT molecular complexity index is 1470. The third-order valence-electron chi connectivity index (χ3n) is 7.56. The molecule has 0 saturated heterocycles. The Morgan fingerprint density at radius 3 is 2.48 bits per heavy atom. The molecule has 10 heteroatoms. The van der Waals surface area contributed by atoms with Crippen molar-refractivity contribution < 1.29 is 4.79 Å². The van der Waals surface area contributed by atoms with E-state index in [2.05, 4.69) is 16.0 Å². The maximum Gasteiger partial charge on any atom is 0.242 e. The molecule has 0 spiro atoms. The fourth-order valence-electron chi connectivity index (χ4n) is 5.37. The molecule has 0 bridgehead atoms. The van der Waals surface area contributed by atoms with Gasteiger partial charge in [-0.1, -0.05) is 85.1 Å². The van der Waals surface area contributed by atoms with Crippen LogP contribution < -0.4 is 16.0 Å². The van der Waals surface area contributed by atoms with Crippen LogP contribution in [0.25, 0.3) is 5.82 Å². The van der Waals surface area contributed by atoms with Crippen LogP contribution >= 0.6 is 34.8 Å². The molecule has 0 radical (unpaired) electrons. The van der Waals surface area contributed by atoms with Gasteiger partial charge in [-0.15, -0.1) is 0 Å². The number of anilines is 2. The van der Waals surface area contributed by atoms with E-state index in [0.29, 0.717) is 58.1 Å². The molecule has 1 amide bonds. The molecule has 7 nitrogen and oxygen atoms in total. The molecule has 2 aromatic carbocycles. The summed E-state index contributed by atoms with van der Waals surface area (Å²) in [7, 11) is 0. The third-order valence-corrected chi connectivity index (χ3v) is 8.38.